The first-order chi connectivity index (χ1) is 11.5. The summed E-state index contributed by atoms with van der Waals surface area (Å²) >= 11 is 0. The summed E-state index contributed by atoms with van der Waals surface area (Å²) in [6.45, 7) is 0. The Morgan fingerprint density at radius 3 is 2.29 bits per heavy atom. The van der Waals surface area contributed by atoms with Crippen LogP contribution in [0.4, 0.5) is 0 Å². The zero-order valence-corrected chi connectivity index (χ0v) is 13.8. The Bertz CT molecular complexity index is 701. The van der Waals surface area contributed by atoms with Crippen LogP contribution in [0, 0.1) is 11.3 Å². The Labute approximate surface area is 140 Å². The summed E-state index contributed by atoms with van der Waals surface area (Å²) in [7, 11) is 2.54. The lowest BCUT2D eigenvalue weighted by Crippen LogP contribution is -2.44. The van der Waals surface area contributed by atoms with Crippen LogP contribution < -0.4 is 0 Å². The van der Waals surface area contributed by atoms with E-state index in [0.29, 0.717) is 24.8 Å². The van der Waals surface area contributed by atoms with Crippen LogP contribution in [-0.2, 0) is 23.9 Å². The van der Waals surface area contributed by atoms with E-state index in [1.165, 1.54) is 14.2 Å². The molecule has 1 aromatic carbocycles. The number of ketones is 1. The largest absolute Gasteiger partial charge is 0.468 e. The lowest BCUT2D eigenvalue weighted by atomic mass is 9.68. The Morgan fingerprint density at radius 1 is 1.08 bits per heavy atom. The molecule has 0 spiro atoms. The highest BCUT2D eigenvalue weighted by molar-refractivity contribution is 6.24. The van der Waals surface area contributed by atoms with E-state index in [2.05, 4.69) is 0 Å². The summed E-state index contributed by atoms with van der Waals surface area (Å²) in [5.41, 5.74) is 1.02. The first-order valence-electron chi connectivity index (χ1n) is 8.02. The van der Waals surface area contributed by atoms with Crippen LogP contribution >= 0.6 is 0 Å². The molecular weight excluding hydrogens is 308 g/mol. The molecule has 0 amide bonds. The van der Waals surface area contributed by atoms with Crippen LogP contribution in [0.1, 0.15) is 31.2 Å². The van der Waals surface area contributed by atoms with Crippen molar-refractivity contribution in [3.05, 3.63) is 41.5 Å². The van der Waals surface area contributed by atoms with E-state index < -0.39 is 17.4 Å². The average Bonchev–Trinajstić information content (AvgIpc) is 2.95. The molecule has 0 bridgehead atoms. The molecule has 0 saturated heterocycles. The molecule has 126 valence electrons. The second-order valence-electron chi connectivity index (χ2n) is 6.37. The van der Waals surface area contributed by atoms with E-state index in [-0.39, 0.29) is 18.1 Å². The fourth-order valence-corrected chi connectivity index (χ4v) is 3.95. The number of hydrogen-bond acceptors (Lipinski definition) is 5. The zero-order valence-electron chi connectivity index (χ0n) is 13.8. The lowest BCUT2D eigenvalue weighted by Gasteiger charge is -2.35. The van der Waals surface area contributed by atoms with Crippen molar-refractivity contribution in [2.24, 2.45) is 11.3 Å². The van der Waals surface area contributed by atoms with Gasteiger partial charge in [-0.15, -0.1) is 0 Å². The van der Waals surface area contributed by atoms with Gasteiger partial charge in [0.05, 0.1) is 14.2 Å². The average molecular weight is 328 g/mol. The van der Waals surface area contributed by atoms with Crippen molar-refractivity contribution >= 4 is 23.3 Å². The van der Waals surface area contributed by atoms with Crippen molar-refractivity contribution < 1.29 is 23.9 Å². The summed E-state index contributed by atoms with van der Waals surface area (Å²) in [4.78, 5) is 37.3. The smallest absolute Gasteiger partial charge is 0.323 e. The fourth-order valence-electron chi connectivity index (χ4n) is 3.95. The molecule has 0 radical (unpaired) electrons. The molecule has 5 nitrogen and oxygen atoms in total. The minimum Gasteiger partial charge on any atom is -0.468 e. The number of benzene rings is 1. The fraction of sp³-hybridized carbons (Fsp3) is 0.421. The number of hydrogen-bond donors (Lipinski definition) is 0. The van der Waals surface area contributed by atoms with E-state index in [0.717, 1.165) is 11.1 Å². The van der Waals surface area contributed by atoms with Crippen LogP contribution in [-0.4, -0.2) is 31.9 Å². The normalized spacial score (nSPS) is 22.1. The van der Waals surface area contributed by atoms with E-state index in [1.807, 2.05) is 30.3 Å². The Balaban J connectivity index is 2.09. The predicted octanol–water partition coefficient (Wildman–Crippen LogP) is 2.55. The molecule has 0 heterocycles. The van der Waals surface area contributed by atoms with Crippen molar-refractivity contribution in [1.82, 2.24) is 0 Å². The summed E-state index contributed by atoms with van der Waals surface area (Å²) in [6, 6.07) is 9.41. The maximum atomic E-state index is 12.5. The summed E-state index contributed by atoms with van der Waals surface area (Å²) in [5, 5.41) is 0. The van der Waals surface area contributed by atoms with Gasteiger partial charge in [0, 0.05) is 12.0 Å². The standard InChI is InChI=1S/C19H20O5/c1-23-17(21)19(18(22)24-2)9-8-13-10-15(20)16(14(13)11-19)12-6-4-3-5-7-12/h3-7,13H,8-11H2,1-2H3. The number of fused-ring (bicyclic) bond motifs is 1. The van der Waals surface area contributed by atoms with Gasteiger partial charge in [0.25, 0.3) is 0 Å². The topological polar surface area (TPSA) is 69.7 Å². The maximum absolute atomic E-state index is 12.5. The van der Waals surface area contributed by atoms with Crippen molar-refractivity contribution in [2.75, 3.05) is 14.2 Å². The van der Waals surface area contributed by atoms with E-state index in [9.17, 15) is 14.4 Å². The van der Waals surface area contributed by atoms with Gasteiger partial charge in [0.15, 0.2) is 11.2 Å². The highest BCUT2D eigenvalue weighted by Crippen LogP contribution is 2.51. The van der Waals surface area contributed by atoms with Crippen molar-refractivity contribution in [3.63, 3.8) is 0 Å². The maximum Gasteiger partial charge on any atom is 0.323 e. The highest BCUT2D eigenvalue weighted by Gasteiger charge is 2.54. The quantitative estimate of drug-likeness (QED) is 0.630. The number of esters is 2. The molecule has 0 aromatic heterocycles. The van der Waals surface area contributed by atoms with E-state index >= 15 is 0 Å². The van der Waals surface area contributed by atoms with Crippen LogP contribution in [0.15, 0.2) is 35.9 Å². The number of rotatable bonds is 3. The second-order valence-corrected chi connectivity index (χ2v) is 6.37. The van der Waals surface area contributed by atoms with Gasteiger partial charge in [-0.1, -0.05) is 35.9 Å². The van der Waals surface area contributed by atoms with E-state index in [4.69, 9.17) is 9.47 Å². The molecule has 1 saturated carbocycles. The van der Waals surface area contributed by atoms with Gasteiger partial charge in [0.1, 0.15) is 0 Å². The van der Waals surface area contributed by atoms with Crippen molar-refractivity contribution in [2.45, 2.75) is 25.7 Å². The van der Waals surface area contributed by atoms with Gasteiger partial charge in [-0.2, -0.15) is 0 Å². The molecule has 2 aliphatic rings. The Hall–Kier alpha value is -2.43. The molecular formula is C19H20O5. The van der Waals surface area contributed by atoms with Gasteiger partial charge < -0.3 is 9.47 Å². The third-order valence-electron chi connectivity index (χ3n) is 5.15. The molecule has 5 heteroatoms. The van der Waals surface area contributed by atoms with Crippen molar-refractivity contribution in [1.29, 1.82) is 0 Å². The molecule has 1 atom stereocenters. The number of carbonyl (C=O) groups excluding carboxylic acids is 3. The van der Waals surface area contributed by atoms with Gasteiger partial charge in [-0.25, -0.2) is 0 Å². The van der Waals surface area contributed by atoms with Gasteiger partial charge >= 0.3 is 11.9 Å². The summed E-state index contributed by atoms with van der Waals surface area (Å²) in [5.74, 6) is -1.01. The van der Waals surface area contributed by atoms with Crippen LogP contribution in [0.2, 0.25) is 0 Å². The Kier molecular flexibility index (Phi) is 4.26. The van der Waals surface area contributed by atoms with Crippen LogP contribution in [0.3, 0.4) is 0 Å². The van der Waals surface area contributed by atoms with Gasteiger partial charge in [0.2, 0.25) is 0 Å². The second kappa shape index (κ2) is 6.23. The minimum absolute atomic E-state index is 0.0757. The number of Topliss-reactive ketones (excluding diaryl/α,β-unsaturated/α-hetero) is 1. The summed E-state index contributed by atoms with van der Waals surface area (Å²) < 4.78 is 9.77. The number of carbonyl (C=O) groups is 3. The highest BCUT2D eigenvalue weighted by atomic mass is 16.5. The molecule has 1 aromatic rings. The third-order valence-corrected chi connectivity index (χ3v) is 5.15. The van der Waals surface area contributed by atoms with Crippen LogP contribution in [0.5, 0.6) is 0 Å². The molecule has 2 aliphatic carbocycles. The zero-order chi connectivity index (χ0) is 17.3. The van der Waals surface area contributed by atoms with Crippen LogP contribution in [0.25, 0.3) is 5.57 Å². The van der Waals surface area contributed by atoms with Gasteiger partial charge in [-0.3, -0.25) is 14.4 Å². The Morgan fingerprint density at radius 2 is 1.71 bits per heavy atom. The monoisotopic (exact) mass is 328 g/mol. The van der Waals surface area contributed by atoms with Crippen molar-refractivity contribution in [3.8, 4) is 0 Å². The SMILES string of the molecule is COC(=O)C1(C(=O)OC)CCC2CC(=O)C(c3ccccc3)=C2C1. The minimum atomic E-state index is -1.35. The molecule has 3 rings (SSSR count). The molecule has 24 heavy (non-hydrogen) atoms. The molecule has 0 N–H and O–H groups in total. The first-order valence-corrected chi connectivity index (χ1v) is 8.02. The number of allylic oxidation sites excluding steroid dienone is 2. The number of methoxy groups -OCH3 is 2. The predicted molar refractivity (Wildman–Crippen MR) is 86.8 cm³/mol. The summed E-state index contributed by atoms with van der Waals surface area (Å²) in [6.07, 6.45) is 1.57. The first kappa shape index (κ1) is 16.4. The van der Waals surface area contributed by atoms with Gasteiger partial charge in [-0.05, 0) is 30.7 Å². The molecule has 1 fully saturated rings. The third kappa shape index (κ3) is 2.44. The molecule has 1 unspecified atom stereocenters. The molecule has 0 aliphatic heterocycles. The lowest BCUT2D eigenvalue weighted by molar-refractivity contribution is -0.171. The number of ether oxygens (including phenoxy) is 2. The van der Waals surface area contributed by atoms with E-state index in [1.54, 1.807) is 0 Å².